The molecule has 2 aliphatic rings. The van der Waals surface area contributed by atoms with Gasteiger partial charge in [-0.3, -0.25) is 0 Å². The van der Waals surface area contributed by atoms with Crippen LogP contribution in [0.25, 0.3) is 0 Å². The maximum Gasteiger partial charge on any atom is 0.342 e. The molecule has 1 fully saturated rings. The van der Waals surface area contributed by atoms with E-state index in [-0.39, 0.29) is 5.97 Å². The smallest absolute Gasteiger partial charge is 0.342 e. The Bertz CT molecular complexity index is 599. The van der Waals surface area contributed by atoms with Gasteiger partial charge in [0.05, 0.1) is 6.61 Å². The lowest BCUT2D eigenvalue weighted by Crippen LogP contribution is -2.36. The van der Waals surface area contributed by atoms with Gasteiger partial charge in [-0.1, -0.05) is 29.3 Å². The van der Waals surface area contributed by atoms with Crippen LogP contribution in [0.4, 0.5) is 0 Å². The van der Waals surface area contributed by atoms with Crippen molar-refractivity contribution in [2.75, 3.05) is 39.5 Å². The molecule has 0 amide bonds. The fraction of sp³-hybridized carbons (Fsp3) is 0.632. The summed E-state index contributed by atoms with van der Waals surface area (Å²) in [6.45, 7) is 7.03. The van der Waals surface area contributed by atoms with Gasteiger partial charge >= 0.3 is 5.97 Å². The molecule has 1 aromatic carbocycles. The van der Waals surface area contributed by atoms with Crippen molar-refractivity contribution >= 4 is 21.9 Å². The van der Waals surface area contributed by atoms with Crippen molar-refractivity contribution in [2.24, 2.45) is 5.92 Å². The SMILES string of the molecule is CCCCN1CCC(COC(=O)c2cc(Br)cc3c2OCCO3)CC1. The molecule has 0 N–H and O–H groups in total. The summed E-state index contributed by atoms with van der Waals surface area (Å²) in [5.74, 6) is 1.20. The molecule has 0 aliphatic carbocycles. The Morgan fingerprint density at radius 2 is 2.04 bits per heavy atom. The Kier molecular flexibility index (Phi) is 6.59. The highest BCUT2D eigenvalue weighted by Gasteiger charge is 2.25. The van der Waals surface area contributed by atoms with E-state index in [0.717, 1.165) is 30.4 Å². The molecule has 2 aliphatic heterocycles. The molecule has 1 saturated heterocycles. The molecule has 0 unspecified atom stereocenters. The first-order valence-corrected chi connectivity index (χ1v) is 9.95. The van der Waals surface area contributed by atoms with E-state index in [0.29, 0.717) is 42.8 Å². The summed E-state index contributed by atoms with van der Waals surface area (Å²) in [4.78, 5) is 15.0. The van der Waals surface area contributed by atoms with E-state index < -0.39 is 0 Å². The highest BCUT2D eigenvalue weighted by molar-refractivity contribution is 9.10. The zero-order chi connectivity index (χ0) is 17.6. The first kappa shape index (κ1) is 18.5. The predicted molar refractivity (Wildman–Crippen MR) is 99.5 cm³/mol. The Morgan fingerprint density at radius 3 is 2.80 bits per heavy atom. The lowest BCUT2D eigenvalue weighted by molar-refractivity contribution is 0.0363. The first-order chi connectivity index (χ1) is 12.2. The molecule has 138 valence electrons. The number of carbonyl (C=O) groups is 1. The third kappa shape index (κ3) is 4.88. The molecule has 0 spiro atoms. The number of fused-ring (bicyclic) bond motifs is 1. The van der Waals surface area contributed by atoms with Gasteiger partial charge in [0.2, 0.25) is 0 Å². The average Bonchev–Trinajstić information content (AvgIpc) is 2.64. The standard InChI is InChI=1S/C19H26BrNO4/c1-2-3-6-21-7-4-14(5-8-21)13-25-19(22)16-11-15(20)12-17-18(16)24-10-9-23-17/h11-12,14H,2-10,13H2,1H3. The number of nitrogens with zero attached hydrogens (tertiary/aromatic N) is 1. The molecular formula is C19H26BrNO4. The quantitative estimate of drug-likeness (QED) is 0.664. The summed E-state index contributed by atoms with van der Waals surface area (Å²) < 4.78 is 17.6. The molecule has 3 rings (SSSR count). The minimum absolute atomic E-state index is 0.337. The Morgan fingerprint density at radius 1 is 1.28 bits per heavy atom. The van der Waals surface area contributed by atoms with Crippen LogP contribution in [-0.4, -0.2) is 50.3 Å². The molecule has 0 bridgehead atoms. The van der Waals surface area contributed by atoms with Crippen molar-refractivity contribution in [1.29, 1.82) is 0 Å². The Hall–Kier alpha value is -1.27. The van der Waals surface area contributed by atoms with Gasteiger partial charge in [-0.05, 0) is 56.9 Å². The van der Waals surface area contributed by atoms with Gasteiger partial charge in [0.15, 0.2) is 11.5 Å². The summed E-state index contributed by atoms with van der Waals surface area (Å²) >= 11 is 3.42. The molecule has 0 aromatic heterocycles. The van der Waals surface area contributed by atoms with Crippen molar-refractivity contribution in [1.82, 2.24) is 4.90 Å². The minimum Gasteiger partial charge on any atom is -0.486 e. The van der Waals surface area contributed by atoms with E-state index in [1.807, 2.05) is 6.07 Å². The van der Waals surface area contributed by atoms with Crippen LogP contribution >= 0.6 is 15.9 Å². The van der Waals surface area contributed by atoms with Gasteiger partial charge in [0, 0.05) is 4.47 Å². The second-order valence-corrected chi connectivity index (χ2v) is 7.63. The summed E-state index contributed by atoms with van der Waals surface area (Å²) in [5.41, 5.74) is 0.435. The minimum atomic E-state index is -0.337. The third-order valence-corrected chi connectivity index (χ3v) is 5.27. The number of hydrogen-bond donors (Lipinski definition) is 0. The summed E-state index contributed by atoms with van der Waals surface area (Å²) in [6, 6.07) is 3.56. The number of esters is 1. The monoisotopic (exact) mass is 411 g/mol. The molecule has 0 radical (unpaired) electrons. The largest absolute Gasteiger partial charge is 0.486 e. The van der Waals surface area contributed by atoms with E-state index in [4.69, 9.17) is 14.2 Å². The van der Waals surface area contributed by atoms with Crippen molar-refractivity contribution < 1.29 is 19.0 Å². The molecule has 1 aromatic rings. The summed E-state index contributed by atoms with van der Waals surface area (Å²) in [7, 11) is 0. The Labute approximate surface area is 157 Å². The van der Waals surface area contributed by atoms with Crippen molar-refractivity contribution in [3.63, 3.8) is 0 Å². The second kappa shape index (κ2) is 8.90. The molecule has 5 nitrogen and oxygen atoms in total. The van der Waals surface area contributed by atoms with Crippen LogP contribution in [0.3, 0.4) is 0 Å². The van der Waals surface area contributed by atoms with Crippen LogP contribution in [0.2, 0.25) is 0 Å². The fourth-order valence-corrected chi connectivity index (χ4v) is 3.74. The molecule has 2 heterocycles. The van der Waals surface area contributed by atoms with Crippen LogP contribution < -0.4 is 9.47 Å². The number of carbonyl (C=O) groups excluding carboxylic acids is 1. The molecule has 0 atom stereocenters. The van der Waals surface area contributed by atoms with E-state index >= 15 is 0 Å². The van der Waals surface area contributed by atoms with Crippen LogP contribution in [0, 0.1) is 5.92 Å². The van der Waals surface area contributed by atoms with Crippen molar-refractivity contribution in [3.05, 3.63) is 22.2 Å². The van der Waals surface area contributed by atoms with Crippen LogP contribution in [-0.2, 0) is 4.74 Å². The number of halogens is 1. The van der Waals surface area contributed by atoms with E-state index in [2.05, 4.69) is 27.8 Å². The fourth-order valence-electron chi connectivity index (χ4n) is 3.30. The van der Waals surface area contributed by atoms with Gasteiger partial charge in [-0.25, -0.2) is 4.79 Å². The van der Waals surface area contributed by atoms with Crippen molar-refractivity contribution in [3.8, 4) is 11.5 Å². The highest BCUT2D eigenvalue weighted by Crippen LogP contribution is 2.37. The molecule has 25 heavy (non-hydrogen) atoms. The van der Waals surface area contributed by atoms with Crippen molar-refractivity contribution in [2.45, 2.75) is 32.6 Å². The number of piperidine rings is 1. The third-order valence-electron chi connectivity index (χ3n) is 4.81. The molecule has 6 heteroatoms. The van der Waals surface area contributed by atoms with E-state index in [1.54, 1.807) is 6.07 Å². The lowest BCUT2D eigenvalue weighted by atomic mass is 9.97. The molecular weight excluding hydrogens is 386 g/mol. The number of ether oxygens (including phenoxy) is 3. The van der Waals surface area contributed by atoms with Crippen LogP contribution in [0.15, 0.2) is 16.6 Å². The van der Waals surface area contributed by atoms with E-state index in [9.17, 15) is 4.79 Å². The highest BCUT2D eigenvalue weighted by atomic mass is 79.9. The van der Waals surface area contributed by atoms with Gasteiger partial charge < -0.3 is 19.1 Å². The predicted octanol–water partition coefficient (Wildman–Crippen LogP) is 3.89. The normalized spacial score (nSPS) is 18.2. The van der Waals surface area contributed by atoms with Gasteiger partial charge in [0.25, 0.3) is 0 Å². The van der Waals surface area contributed by atoms with E-state index in [1.165, 1.54) is 19.4 Å². The number of likely N-dealkylation sites (tertiary alicyclic amines) is 1. The molecule has 0 saturated carbocycles. The maximum atomic E-state index is 12.5. The Balaban J connectivity index is 1.53. The van der Waals surface area contributed by atoms with Gasteiger partial charge in [0.1, 0.15) is 18.8 Å². The van der Waals surface area contributed by atoms with Gasteiger partial charge in [-0.15, -0.1) is 0 Å². The second-order valence-electron chi connectivity index (χ2n) is 6.71. The maximum absolute atomic E-state index is 12.5. The zero-order valence-corrected chi connectivity index (χ0v) is 16.3. The van der Waals surface area contributed by atoms with Gasteiger partial charge in [-0.2, -0.15) is 0 Å². The van der Waals surface area contributed by atoms with Crippen LogP contribution in [0.5, 0.6) is 11.5 Å². The first-order valence-electron chi connectivity index (χ1n) is 9.16. The summed E-state index contributed by atoms with van der Waals surface area (Å²) in [6.07, 6.45) is 4.68. The number of unbranched alkanes of at least 4 members (excludes halogenated alkanes) is 1. The summed E-state index contributed by atoms with van der Waals surface area (Å²) in [5, 5.41) is 0. The topological polar surface area (TPSA) is 48.0 Å². The number of benzene rings is 1. The average molecular weight is 412 g/mol. The van der Waals surface area contributed by atoms with Crippen LogP contribution in [0.1, 0.15) is 43.0 Å². The number of rotatable bonds is 6. The number of hydrogen-bond acceptors (Lipinski definition) is 5. The zero-order valence-electron chi connectivity index (χ0n) is 14.8. The lowest BCUT2D eigenvalue weighted by Gasteiger charge is -2.31.